The van der Waals surface area contributed by atoms with Crippen LogP contribution in [0.2, 0.25) is 0 Å². The van der Waals surface area contributed by atoms with Gasteiger partial charge in [-0.2, -0.15) is 0 Å². The van der Waals surface area contributed by atoms with E-state index in [-0.39, 0.29) is 31.0 Å². The van der Waals surface area contributed by atoms with Crippen LogP contribution in [0.3, 0.4) is 0 Å². The van der Waals surface area contributed by atoms with Gasteiger partial charge in [0.05, 0.1) is 48.6 Å². The van der Waals surface area contributed by atoms with Crippen molar-refractivity contribution in [3.8, 4) is 0 Å². The average Bonchev–Trinajstić information content (AvgIpc) is 3.05. The highest BCUT2D eigenvalue weighted by Crippen LogP contribution is 2.38. The zero-order valence-electron chi connectivity index (χ0n) is 32.0. The zero-order chi connectivity index (χ0) is 38.0. The molecule has 14 heteroatoms. The lowest BCUT2D eigenvalue weighted by Crippen LogP contribution is -2.66. The quantitative estimate of drug-likeness (QED) is 0.221. The number of aliphatic hydroxyl groups is 3. The van der Waals surface area contributed by atoms with Gasteiger partial charge >= 0.3 is 5.97 Å². The summed E-state index contributed by atoms with van der Waals surface area (Å²) in [6.07, 6.45) is -1.72. The number of allylic oxidation sites excluding steroid dienone is 2. The third kappa shape index (κ3) is 11.3. The third-order valence-corrected chi connectivity index (χ3v) is 10.5. The summed E-state index contributed by atoms with van der Waals surface area (Å²) in [5, 5.41) is 34.3. The molecule has 51 heavy (non-hydrogen) atoms. The molecule has 0 bridgehead atoms. The molecule has 0 aromatic heterocycles. The van der Waals surface area contributed by atoms with E-state index in [9.17, 15) is 24.9 Å². The number of esters is 1. The smallest absolute Gasteiger partial charge is 0.308 e. The topological polar surface area (TPSA) is 172 Å². The van der Waals surface area contributed by atoms with E-state index in [0.29, 0.717) is 12.8 Å². The summed E-state index contributed by atoms with van der Waals surface area (Å²) in [5.74, 6) is -1.58. The molecule has 294 valence electrons. The molecule has 3 aliphatic heterocycles. The molecule has 0 aromatic rings. The molecule has 2 saturated heterocycles. The molecule has 2 fully saturated rings. The van der Waals surface area contributed by atoms with Gasteiger partial charge < -0.3 is 62.9 Å². The second kappa shape index (κ2) is 20.0. The molecular formula is C37H63NO13. The highest BCUT2D eigenvalue weighted by molar-refractivity contribution is 5.70. The van der Waals surface area contributed by atoms with Crippen LogP contribution in [0.5, 0.6) is 0 Å². The summed E-state index contributed by atoms with van der Waals surface area (Å²) in [6.45, 7) is 9.24. The number of hydrogen-bond donors (Lipinski definition) is 3. The van der Waals surface area contributed by atoms with E-state index >= 15 is 0 Å². The van der Waals surface area contributed by atoms with E-state index in [1.54, 1.807) is 39.4 Å². The van der Waals surface area contributed by atoms with E-state index in [0.717, 1.165) is 6.29 Å². The predicted octanol–water partition coefficient (Wildman–Crippen LogP) is 2.15. The lowest BCUT2D eigenvalue weighted by Gasteiger charge is -2.51. The van der Waals surface area contributed by atoms with E-state index < -0.39 is 91.4 Å². The molecule has 0 spiro atoms. The van der Waals surface area contributed by atoms with E-state index in [1.807, 2.05) is 52.8 Å². The lowest BCUT2D eigenvalue weighted by molar-refractivity contribution is -0.346. The van der Waals surface area contributed by atoms with Gasteiger partial charge in [-0.3, -0.25) is 4.79 Å². The minimum Gasteiger partial charge on any atom is -0.462 e. The SMILES string of the molecule is CO[C@@H]1[C@@H](O[C@H]2O[C@@H](C)[C@H](O[C@@H]3C[C@](C)(OC)[C@H](OC)[C@@H](C)O3)[C@@H](N(C)C)[C@@H]2O)[C@@H](CC=O)C[C@@H](C)[C@@H](O)/C=C/C=C/C[C@@H](C)OC(=O)C[C@H]1O. The predicted molar refractivity (Wildman–Crippen MR) is 187 cm³/mol. The minimum atomic E-state index is -1.40. The molecule has 3 rings (SSSR count). The lowest BCUT2D eigenvalue weighted by atomic mass is 9.82. The number of aldehydes is 1. The van der Waals surface area contributed by atoms with Crippen molar-refractivity contribution in [1.82, 2.24) is 4.90 Å². The Morgan fingerprint density at radius 3 is 2.27 bits per heavy atom. The first-order valence-electron chi connectivity index (χ1n) is 18.0. The Balaban J connectivity index is 1.95. The van der Waals surface area contributed by atoms with Crippen LogP contribution < -0.4 is 0 Å². The van der Waals surface area contributed by atoms with Crippen molar-refractivity contribution in [2.75, 3.05) is 35.4 Å². The van der Waals surface area contributed by atoms with Gasteiger partial charge in [-0.25, -0.2) is 0 Å². The van der Waals surface area contributed by atoms with Gasteiger partial charge in [0.1, 0.15) is 36.8 Å². The van der Waals surface area contributed by atoms with E-state index in [4.69, 9.17) is 37.9 Å². The van der Waals surface area contributed by atoms with Crippen LogP contribution in [0.1, 0.15) is 66.7 Å². The average molecular weight is 730 g/mol. The number of aliphatic hydroxyl groups excluding tert-OH is 3. The highest BCUT2D eigenvalue weighted by atomic mass is 16.7. The maximum Gasteiger partial charge on any atom is 0.308 e. The molecule has 0 saturated carbocycles. The molecule has 3 aliphatic rings. The second-order valence-electron chi connectivity index (χ2n) is 14.7. The highest BCUT2D eigenvalue weighted by Gasteiger charge is 2.52. The van der Waals surface area contributed by atoms with Crippen LogP contribution >= 0.6 is 0 Å². The number of ether oxygens (including phenoxy) is 8. The fourth-order valence-electron chi connectivity index (χ4n) is 7.65. The first-order chi connectivity index (χ1) is 24.1. The van der Waals surface area contributed by atoms with Gasteiger partial charge in [0.15, 0.2) is 12.6 Å². The molecule has 0 unspecified atom stereocenters. The second-order valence-corrected chi connectivity index (χ2v) is 14.7. The van der Waals surface area contributed by atoms with Gasteiger partial charge in [0.2, 0.25) is 0 Å². The minimum absolute atomic E-state index is 0.0153. The van der Waals surface area contributed by atoms with Crippen LogP contribution in [-0.4, -0.2) is 153 Å². The first kappa shape index (κ1) is 43.6. The van der Waals surface area contributed by atoms with Crippen molar-refractivity contribution >= 4 is 12.3 Å². The molecule has 14 nitrogen and oxygen atoms in total. The summed E-state index contributed by atoms with van der Waals surface area (Å²) in [4.78, 5) is 26.8. The molecule has 16 atom stereocenters. The van der Waals surface area contributed by atoms with Crippen LogP contribution in [0.15, 0.2) is 24.3 Å². The van der Waals surface area contributed by atoms with Crippen LogP contribution in [0.25, 0.3) is 0 Å². The number of likely N-dealkylation sites (N-methyl/N-ethyl adjacent to an activating group) is 1. The molecular weight excluding hydrogens is 666 g/mol. The van der Waals surface area contributed by atoms with Gasteiger partial charge in [0.25, 0.3) is 0 Å². The van der Waals surface area contributed by atoms with E-state index in [1.165, 1.54) is 7.11 Å². The summed E-state index contributed by atoms with van der Waals surface area (Å²) in [6, 6.07) is -0.649. The molecule has 3 N–H and O–H groups in total. The molecule has 0 radical (unpaired) electrons. The number of hydrogen-bond acceptors (Lipinski definition) is 14. The Morgan fingerprint density at radius 1 is 0.961 bits per heavy atom. The van der Waals surface area contributed by atoms with Gasteiger partial charge in [-0.1, -0.05) is 31.2 Å². The van der Waals surface area contributed by atoms with Crippen molar-refractivity contribution in [2.45, 2.75) is 152 Å². The van der Waals surface area contributed by atoms with Gasteiger partial charge in [-0.15, -0.1) is 0 Å². The number of carbonyl (C=O) groups excluding carboxylic acids is 2. The first-order valence-corrected chi connectivity index (χ1v) is 18.0. The summed E-state index contributed by atoms with van der Waals surface area (Å²) >= 11 is 0. The summed E-state index contributed by atoms with van der Waals surface area (Å²) in [7, 11) is 8.23. The van der Waals surface area contributed by atoms with Crippen molar-refractivity contribution in [2.24, 2.45) is 11.8 Å². The number of carbonyl (C=O) groups is 2. The van der Waals surface area contributed by atoms with Crippen molar-refractivity contribution in [1.29, 1.82) is 0 Å². The maximum absolute atomic E-state index is 12.9. The normalized spacial score (nSPS) is 44.8. The number of methoxy groups -OCH3 is 3. The molecule has 0 amide bonds. The summed E-state index contributed by atoms with van der Waals surface area (Å²) in [5.41, 5.74) is -0.691. The monoisotopic (exact) mass is 729 g/mol. The molecule has 3 heterocycles. The van der Waals surface area contributed by atoms with Crippen LogP contribution in [-0.2, 0) is 47.5 Å². The number of nitrogens with zero attached hydrogens (tertiary/aromatic N) is 1. The van der Waals surface area contributed by atoms with Crippen molar-refractivity contribution in [3.63, 3.8) is 0 Å². The van der Waals surface area contributed by atoms with Gasteiger partial charge in [0, 0.05) is 40.6 Å². The standard InChI is InChI=1S/C37H63NO13/c1-21-18-25(16-17-39)33(34(44-8)27(41)19-28(42)47-22(2)14-12-11-13-15-26(21)40)51-36-31(43)30(38(6)7)32(23(3)49-36)50-29-20-37(5,46-10)35(45-9)24(4)48-29/h11-13,15,17,21-27,29-36,40-41,43H,14,16,18-20H2,1-10H3/b12-11+,15-13+/t21-,22-,23+,24-,25+,26+,27-,29-,30+,31+,32+,33+,34+,35-,36-,37+/m1/s1. The van der Waals surface area contributed by atoms with E-state index in [2.05, 4.69) is 0 Å². The van der Waals surface area contributed by atoms with Crippen LogP contribution in [0.4, 0.5) is 0 Å². The largest absolute Gasteiger partial charge is 0.462 e. The molecule has 0 aliphatic carbocycles. The van der Waals surface area contributed by atoms with Crippen LogP contribution in [0, 0.1) is 11.8 Å². The number of rotatable bonds is 10. The fourth-order valence-corrected chi connectivity index (χ4v) is 7.65. The number of cyclic esters (lactones) is 1. The Morgan fingerprint density at radius 2 is 1.67 bits per heavy atom. The van der Waals surface area contributed by atoms with Crippen molar-refractivity contribution in [3.05, 3.63) is 24.3 Å². The maximum atomic E-state index is 12.9. The fraction of sp³-hybridized carbons (Fsp3) is 0.838. The van der Waals surface area contributed by atoms with Crippen molar-refractivity contribution < 1.29 is 62.8 Å². The Bertz CT molecular complexity index is 1140. The Hall–Kier alpha value is -1.82. The van der Waals surface area contributed by atoms with Gasteiger partial charge in [-0.05, 0) is 60.0 Å². The summed E-state index contributed by atoms with van der Waals surface area (Å²) < 4.78 is 48.5. The Labute approximate surface area is 303 Å². The molecule has 0 aromatic carbocycles. The third-order valence-electron chi connectivity index (χ3n) is 10.5. The zero-order valence-corrected chi connectivity index (χ0v) is 32.0. The Kier molecular flexibility index (Phi) is 17.1.